The van der Waals surface area contributed by atoms with E-state index in [0.717, 1.165) is 30.9 Å². The molecule has 0 unspecified atom stereocenters. The maximum atomic E-state index is 5.13. The first kappa shape index (κ1) is 17.8. The second-order valence-corrected chi connectivity index (χ2v) is 6.73. The molecule has 6 heteroatoms. The normalized spacial score (nSPS) is 22.2. The molecule has 6 nitrogen and oxygen atoms in total. The molecule has 130 valence electrons. The molecule has 0 aromatic carbocycles. The van der Waals surface area contributed by atoms with Gasteiger partial charge in [-0.3, -0.25) is 4.99 Å². The summed E-state index contributed by atoms with van der Waals surface area (Å²) in [5, 5.41) is 7.19. The molecule has 1 aromatic rings. The molecule has 0 atom stereocenters. The van der Waals surface area contributed by atoms with Crippen molar-refractivity contribution >= 4 is 5.96 Å². The van der Waals surface area contributed by atoms with Crippen molar-refractivity contribution < 1.29 is 4.52 Å². The van der Waals surface area contributed by atoms with Gasteiger partial charge in [0, 0.05) is 26.6 Å². The summed E-state index contributed by atoms with van der Waals surface area (Å²) < 4.78 is 5.13. The van der Waals surface area contributed by atoms with Crippen molar-refractivity contribution in [3.05, 3.63) is 11.7 Å². The fourth-order valence-corrected chi connectivity index (χ4v) is 3.15. The van der Waals surface area contributed by atoms with E-state index < -0.39 is 0 Å². The molecule has 1 fully saturated rings. The molecular weight excluding hydrogens is 290 g/mol. The Morgan fingerprint density at radius 2 is 2.09 bits per heavy atom. The first-order valence-electron chi connectivity index (χ1n) is 8.87. The molecule has 0 radical (unpaired) electrons. The number of aryl methyl sites for hydroxylation is 1. The monoisotopic (exact) mass is 321 g/mol. The summed E-state index contributed by atoms with van der Waals surface area (Å²) in [6.07, 6.45) is 6.09. The highest BCUT2D eigenvalue weighted by Gasteiger charge is 2.20. The SMILES string of the molecule is CCNC(=NCCc1nc(C)no1)N(C)CC1CCC(C)CC1. The van der Waals surface area contributed by atoms with E-state index in [1.807, 2.05) is 6.92 Å². The molecule has 0 spiro atoms. The number of rotatable bonds is 6. The number of nitrogens with one attached hydrogen (secondary N) is 1. The predicted octanol–water partition coefficient (Wildman–Crippen LogP) is 2.64. The lowest BCUT2D eigenvalue weighted by Gasteiger charge is -2.31. The third-order valence-electron chi connectivity index (χ3n) is 4.52. The zero-order valence-electron chi connectivity index (χ0n) is 15.0. The van der Waals surface area contributed by atoms with Crippen molar-refractivity contribution in [1.29, 1.82) is 0 Å². The maximum Gasteiger partial charge on any atom is 0.228 e. The Hall–Kier alpha value is -1.59. The van der Waals surface area contributed by atoms with Gasteiger partial charge in [-0.25, -0.2) is 0 Å². The largest absolute Gasteiger partial charge is 0.357 e. The average Bonchev–Trinajstić information content (AvgIpc) is 2.94. The molecular formula is C17H31N5O. The van der Waals surface area contributed by atoms with Crippen LogP contribution < -0.4 is 5.32 Å². The lowest BCUT2D eigenvalue weighted by atomic mass is 9.83. The smallest absolute Gasteiger partial charge is 0.228 e. The summed E-state index contributed by atoms with van der Waals surface area (Å²) in [7, 11) is 2.14. The van der Waals surface area contributed by atoms with E-state index in [0.29, 0.717) is 24.7 Å². The number of aromatic nitrogens is 2. The minimum Gasteiger partial charge on any atom is -0.357 e. The van der Waals surface area contributed by atoms with E-state index in [4.69, 9.17) is 9.52 Å². The molecule has 1 N–H and O–H groups in total. The number of aliphatic imine (C=N–C) groups is 1. The second kappa shape index (κ2) is 8.89. The van der Waals surface area contributed by atoms with Gasteiger partial charge in [-0.05, 0) is 38.5 Å². The summed E-state index contributed by atoms with van der Waals surface area (Å²) in [5.41, 5.74) is 0. The van der Waals surface area contributed by atoms with Gasteiger partial charge in [0.2, 0.25) is 5.89 Å². The third-order valence-corrected chi connectivity index (χ3v) is 4.52. The molecule has 0 saturated heterocycles. The fraction of sp³-hybridized carbons (Fsp3) is 0.824. The van der Waals surface area contributed by atoms with Crippen LogP contribution in [0, 0.1) is 18.8 Å². The van der Waals surface area contributed by atoms with Gasteiger partial charge in [-0.2, -0.15) is 4.98 Å². The minimum atomic E-state index is 0.658. The molecule has 1 heterocycles. The number of guanidine groups is 1. The van der Waals surface area contributed by atoms with Gasteiger partial charge in [-0.15, -0.1) is 0 Å². The van der Waals surface area contributed by atoms with E-state index in [1.54, 1.807) is 0 Å². The van der Waals surface area contributed by atoms with Crippen LogP contribution >= 0.6 is 0 Å². The van der Waals surface area contributed by atoms with Gasteiger partial charge in [0.15, 0.2) is 11.8 Å². The Kier molecular flexibility index (Phi) is 6.86. The van der Waals surface area contributed by atoms with Crippen molar-refractivity contribution in [2.24, 2.45) is 16.8 Å². The molecule has 0 amide bonds. The van der Waals surface area contributed by atoms with E-state index in [9.17, 15) is 0 Å². The van der Waals surface area contributed by atoms with Crippen molar-refractivity contribution in [1.82, 2.24) is 20.4 Å². The second-order valence-electron chi connectivity index (χ2n) is 6.73. The third kappa shape index (κ3) is 5.84. The highest BCUT2D eigenvalue weighted by atomic mass is 16.5. The molecule has 1 aromatic heterocycles. The van der Waals surface area contributed by atoms with Crippen LogP contribution in [-0.2, 0) is 6.42 Å². The van der Waals surface area contributed by atoms with Crippen molar-refractivity contribution in [3.63, 3.8) is 0 Å². The van der Waals surface area contributed by atoms with Crippen LogP contribution in [0.2, 0.25) is 0 Å². The first-order valence-corrected chi connectivity index (χ1v) is 8.87. The Labute approximate surface area is 139 Å². The van der Waals surface area contributed by atoms with Crippen molar-refractivity contribution in [2.45, 2.75) is 52.9 Å². The summed E-state index contributed by atoms with van der Waals surface area (Å²) in [6, 6.07) is 0. The van der Waals surface area contributed by atoms with E-state index in [2.05, 4.69) is 41.3 Å². The Morgan fingerprint density at radius 3 is 2.70 bits per heavy atom. The molecule has 23 heavy (non-hydrogen) atoms. The van der Waals surface area contributed by atoms with Gasteiger partial charge >= 0.3 is 0 Å². The van der Waals surface area contributed by atoms with Gasteiger partial charge in [0.1, 0.15) is 0 Å². The van der Waals surface area contributed by atoms with Crippen LogP contribution in [0.15, 0.2) is 9.52 Å². The van der Waals surface area contributed by atoms with Crippen LogP contribution in [0.5, 0.6) is 0 Å². The molecule has 1 aliphatic carbocycles. The van der Waals surface area contributed by atoms with Crippen molar-refractivity contribution in [2.75, 3.05) is 26.7 Å². The van der Waals surface area contributed by atoms with E-state index in [1.165, 1.54) is 25.7 Å². The molecule has 2 rings (SSSR count). The average molecular weight is 321 g/mol. The van der Waals surface area contributed by atoms with E-state index >= 15 is 0 Å². The van der Waals surface area contributed by atoms with Crippen molar-refractivity contribution in [3.8, 4) is 0 Å². The molecule has 0 aliphatic heterocycles. The Morgan fingerprint density at radius 1 is 1.35 bits per heavy atom. The lowest BCUT2D eigenvalue weighted by Crippen LogP contribution is -2.42. The summed E-state index contributed by atoms with van der Waals surface area (Å²) in [6.45, 7) is 8.93. The Balaban J connectivity index is 1.84. The summed E-state index contributed by atoms with van der Waals surface area (Å²) >= 11 is 0. The molecule has 1 aliphatic rings. The van der Waals surface area contributed by atoms with Gasteiger partial charge < -0.3 is 14.7 Å². The van der Waals surface area contributed by atoms with E-state index in [-0.39, 0.29) is 0 Å². The zero-order chi connectivity index (χ0) is 16.7. The fourth-order valence-electron chi connectivity index (χ4n) is 3.15. The van der Waals surface area contributed by atoms with Gasteiger partial charge in [0.05, 0.1) is 6.54 Å². The number of hydrogen-bond acceptors (Lipinski definition) is 4. The Bertz CT molecular complexity index is 491. The quantitative estimate of drug-likeness (QED) is 0.644. The minimum absolute atomic E-state index is 0.658. The first-order chi connectivity index (χ1) is 11.1. The van der Waals surface area contributed by atoms with Crippen LogP contribution in [0.25, 0.3) is 0 Å². The summed E-state index contributed by atoms with van der Waals surface area (Å²) in [5.74, 6) is 4.00. The van der Waals surface area contributed by atoms with Gasteiger partial charge in [0.25, 0.3) is 0 Å². The van der Waals surface area contributed by atoms with Crippen LogP contribution in [0.1, 0.15) is 51.2 Å². The highest BCUT2D eigenvalue weighted by Crippen LogP contribution is 2.28. The molecule has 1 saturated carbocycles. The van der Waals surface area contributed by atoms with Crippen LogP contribution in [0.3, 0.4) is 0 Å². The van der Waals surface area contributed by atoms with Crippen LogP contribution in [-0.4, -0.2) is 47.7 Å². The standard InChI is InChI=1S/C17H31N5O/c1-5-18-17(19-11-10-16-20-14(3)21-23-16)22(4)12-15-8-6-13(2)7-9-15/h13,15H,5-12H2,1-4H3,(H,18,19). The number of hydrogen-bond donors (Lipinski definition) is 1. The lowest BCUT2D eigenvalue weighted by molar-refractivity contribution is 0.250. The highest BCUT2D eigenvalue weighted by molar-refractivity contribution is 5.79. The summed E-state index contributed by atoms with van der Waals surface area (Å²) in [4.78, 5) is 11.2. The maximum absolute atomic E-state index is 5.13. The molecule has 0 bridgehead atoms. The predicted molar refractivity (Wildman–Crippen MR) is 92.5 cm³/mol. The van der Waals surface area contributed by atoms with Crippen LogP contribution in [0.4, 0.5) is 0 Å². The zero-order valence-corrected chi connectivity index (χ0v) is 15.0. The number of nitrogens with zero attached hydrogens (tertiary/aromatic N) is 4. The topological polar surface area (TPSA) is 66.5 Å². The van der Waals surface area contributed by atoms with Gasteiger partial charge in [-0.1, -0.05) is 24.9 Å².